The maximum Gasteiger partial charge on any atom is 0.273 e. The summed E-state index contributed by atoms with van der Waals surface area (Å²) in [7, 11) is 0. The van der Waals surface area contributed by atoms with Gasteiger partial charge in [-0.3, -0.25) is 4.98 Å². The molecule has 1 aromatic heterocycles. The Morgan fingerprint density at radius 3 is 2.44 bits per heavy atom. The van der Waals surface area contributed by atoms with E-state index in [0.29, 0.717) is 25.0 Å². The van der Waals surface area contributed by atoms with Crippen molar-refractivity contribution in [2.75, 3.05) is 13.2 Å². The quantitative estimate of drug-likeness (QED) is 0.862. The van der Waals surface area contributed by atoms with Gasteiger partial charge < -0.3 is 9.47 Å². The Morgan fingerprint density at radius 1 is 0.920 bits per heavy atom. The minimum atomic E-state index is 0.0114. The number of aromatic nitrogens is 1. The molecule has 0 amide bonds. The lowest BCUT2D eigenvalue weighted by atomic mass is 9.97. The van der Waals surface area contributed by atoms with Gasteiger partial charge in [-0.15, -0.1) is 0 Å². The van der Waals surface area contributed by atoms with Crippen LogP contribution in [0.4, 0.5) is 0 Å². The van der Waals surface area contributed by atoms with Crippen molar-refractivity contribution in [1.82, 2.24) is 4.98 Å². The van der Waals surface area contributed by atoms with Gasteiger partial charge in [-0.1, -0.05) is 24.3 Å². The number of benzene rings is 1. The summed E-state index contributed by atoms with van der Waals surface area (Å²) < 4.78 is 11.5. The summed E-state index contributed by atoms with van der Waals surface area (Å²) >= 11 is 0. The first kappa shape index (κ1) is 15.8. The molecule has 1 aromatic carbocycles. The maximum absolute atomic E-state index is 5.79. The molecule has 2 atom stereocenters. The molecule has 0 aliphatic carbocycles. The topological polar surface area (TPSA) is 56.1 Å². The SMILES string of the molecule is Cc1cccc(C)c1C1COC(C2=NC(Cc3ccccn3)CO2)=N1. The molecule has 5 heteroatoms. The molecule has 0 saturated heterocycles. The van der Waals surface area contributed by atoms with E-state index in [1.807, 2.05) is 18.2 Å². The Bertz CT molecular complexity index is 810. The van der Waals surface area contributed by atoms with Crippen LogP contribution >= 0.6 is 0 Å². The van der Waals surface area contributed by atoms with Crippen LogP contribution < -0.4 is 0 Å². The highest BCUT2D eigenvalue weighted by Gasteiger charge is 2.31. The van der Waals surface area contributed by atoms with Crippen molar-refractivity contribution in [1.29, 1.82) is 0 Å². The molecule has 0 saturated carbocycles. The molecule has 25 heavy (non-hydrogen) atoms. The van der Waals surface area contributed by atoms with E-state index in [-0.39, 0.29) is 12.1 Å². The van der Waals surface area contributed by atoms with Crippen molar-refractivity contribution >= 4 is 11.8 Å². The van der Waals surface area contributed by atoms with Gasteiger partial charge in [-0.05, 0) is 42.7 Å². The highest BCUT2D eigenvalue weighted by atomic mass is 16.5. The van der Waals surface area contributed by atoms with E-state index >= 15 is 0 Å². The fourth-order valence-electron chi connectivity index (χ4n) is 3.39. The number of hydrogen-bond acceptors (Lipinski definition) is 5. The fraction of sp³-hybridized carbons (Fsp3) is 0.350. The molecule has 2 unspecified atom stereocenters. The molecule has 2 aliphatic rings. The Balaban J connectivity index is 1.50. The molecule has 0 fully saturated rings. The van der Waals surface area contributed by atoms with E-state index in [4.69, 9.17) is 14.5 Å². The molecule has 4 rings (SSSR count). The van der Waals surface area contributed by atoms with Gasteiger partial charge in [0.15, 0.2) is 0 Å². The first-order chi connectivity index (χ1) is 12.2. The number of ether oxygens (including phenoxy) is 2. The minimum Gasteiger partial charge on any atom is -0.472 e. The first-order valence-electron chi connectivity index (χ1n) is 8.58. The summed E-state index contributed by atoms with van der Waals surface area (Å²) in [4.78, 5) is 13.7. The second-order valence-corrected chi connectivity index (χ2v) is 6.49. The molecule has 0 spiro atoms. The van der Waals surface area contributed by atoms with Gasteiger partial charge in [0.2, 0.25) is 0 Å². The predicted octanol–water partition coefficient (Wildman–Crippen LogP) is 3.21. The van der Waals surface area contributed by atoms with E-state index in [1.54, 1.807) is 6.20 Å². The number of aliphatic imine (C=N–C) groups is 2. The normalized spacial score (nSPS) is 22.2. The fourth-order valence-corrected chi connectivity index (χ4v) is 3.39. The number of rotatable bonds is 4. The van der Waals surface area contributed by atoms with Gasteiger partial charge >= 0.3 is 0 Å². The number of hydrogen-bond donors (Lipinski definition) is 0. The van der Waals surface area contributed by atoms with E-state index in [9.17, 15) is 0 Å². The zero-order valence-electron chi connectivity index (χ0n) is 14.5. The van der Waals surface area contributed by atoms with Crippen LogP contribution in [0.25, 0.3) is 0 Å². The third kappa shape index (κ3) is 3.27. The highest BCUT2D eigenvalue weighted by molar-refractivity contribution is 6.36. The van der Waals surface area contributed by atoms with Crippen molar-refractivity contribution in [3.8, 4) is 0 Å². The van der Waals surface area contributed by atoms with E-state index in [0.717, 1.165) is 12.1 Å². The Hall–Kier alpha value is -2.69. The second kappa shape index (κ2) is 6.67. The van der Waals surface area contributed by atoms with Crippen molar-refractivity contribution in [2.24, 2.45) is 9.98 Å². The van der Waals surface area contributed by atoms with Crippen molar-refractivity contribution in [3.63, 3.8) is 0 Å². The van der Waals surface area contributed by atoms with E-state index in [1.165, 1.54) is 16.7 Å². The smallest absolute Gasteiger partial charge is 0.273 e. The van der Waals surface area contributed by atoms with Crippen molar-refractivity contribution in [3.05, 3.63) is 65.0 Å². The van der Waals surface area contributed by atoms with Crippen LogP contribution in [0.15, 0.2) is 52.6 Å². The Labute approximate surface area is 147 Å². The van der Waals surface area contributed by atoms with E-state index < -0.39 is 0 Å². The lowest BCUT2D eigenvalue weighted by molar-refractivity contribution is 0.294. The van der Waals surface area contributed by atoms with Gasteiger partial charge in [-0.25, -0.2) is 9.98 Å². The molecular formula is C20H21N3O2. The zero-order valence-corrected chi connectivity index (χ0v) is 14.5. The molecule has 0 N–H and O–H groups in total. The van der Waals surface area contributed by atoms with Gasteiger partial charge in [-0.2, -0.15) is 0 Å². The van der Waals surface area contributed by atoms with Crippen LogP contribution in [0.3, 0.4) is 0 Å². The predicted molar refractivity (Wildman–Crippen MR) is 97.2 cm³/mol. The van der Waals surface area contributed by atoms with Gasteiger partial charge in [0.25, 0.3) is 11.8 Å². The van der Waals surface area contributed by atoms with Gasteiger partial charge in [0.1, 0.15) is 19.3 Å². The molecule has 0 radical (unpaired) electrons. The summed E-state index contributed by atoms with van der Waals surface area (Å²) in [6.45, 7) is 5.31. The molecule has 128 valence electrons. The van der Waals surface area contributed by atoms with Crippen molar-refractivity contribution < 1.29 is 9.47 Å². The maximum atomic E-state index is 5.79. The summed E-state index contributed by atoms with van der Waals surface area (Å²) in [5, 5.41) is 0. The summed E-state index contributed by atoms with van der Waals surface area (Å²) in [6.07, 6.45) is 2.56. The minimum absolute atomic E-state index is 0.0114. The Kier molecular flexibility index (Phi) is 4.22. The van der Waals surface area contributed by atoms with E-state index in [2.05, 4.69) is 42.0 Å². The summed E-state index contributed by atoms with van der Waals surface area (Å²) in [5.41, 5.74) is 4.73. The van der Waals surface area contributed by atoms with Gasteiger partial charge in [0, 0.05) is 18.3 Å². The van der Waals surface area contributed by atoms with Crippen LogP contribution in [-0.2, 0) is 15.9 Å². The summed E-state index contributed by atoms with van der Waals surface area (Å²) in [5.74, 6) is 1.05. The standard InChI is InChI=1S/C20H21N3O2/c1-13-6-5-7-14(2)18(13)17-12-25-20(23-17)19-22-16(11-24-19)10-15-8-3-4-9-21-15/h3-9,16-17H,10-12H2,1-2H3. The third-order valence-corrected chi connectivity index (χ3v) is 4.59. The molecule has 3 heterocycles. The number of aryl methyl sites for hydroxylation is 2. The molecule has 2 aromatic rings. The third-order valence-electron chi connectivity index (χ3n) is 4.59. The molecule has 2 aliphatic heterocycles. The first-order valence-corrected chi connectivity index (χ1v) is 8.58. The van der Waals surface area contributed by atoms with Crippen LogP contribution in [0.2, 0.25) is 0 Å². The van der Waals surface area contributed by atoms with Crippen LogP contribution in [-0.4, -0.2) is 36.0 Å². The Morgan fingerprint density at radius 2 is 1.68 bits per heavy atom. The zero-order chi connectivity index (χ0) is 17.2. The van der Waals surface area contributed by atoms with Crippen LogP contribution in [0.1, 0.15) is 28.4 Å². The largest absolute Gasteiger partial charge is 0.472 e. The number of pyridine rings is 1. The van der Waals surface area contributed by atoms with Crippen molar-refractivity contribution in [2.45, 2.75) is 32.4 Å². The second-order valence-electron chi connectivity index (χ2n) is 6.49. The van der Waals surface area contributed by atoms with Gasteiger partial charge in [0.05, 0.1) is 6.04 Å². The molecule has 0 bridgehead atoms. The van der Waals surface area contributed by atoms with Crippen LogP contribution in [0.5, 0.6) is 0 Å². The monoisotopic (exact) mass is 335 g/mol. The lowest BCUT2D eigenvalue weighted by Crippen LogP contribution is -2.14. The molecular weight excluding hydrogens is 314 g/mol. The highest BCUT2D eigenvalue weighted by Crippen LogP contribution is 2.29. The molecule has 5 nitrogen and oxygen atoms in total. The summed E-state index contributed by atoms with van der Waals surface area (Å²) in [6, 6.07) is 12.3. The number of nitrogens with zero attached hydrogens (tertiary/aromatic N) is 3. The lowest BCUT2D eigenvalue weighted by Gasteiger charge is -2.12. The average Bonchev–Trinajstić information content (AvgIpc) is 3.25. The van der Waals surface area contributed by atoms with Crippen LogP contribution in [0, 0.1) is 13.8 Å². The average molecular weight is 335 g/mol.